The molecule has 4 rings (SSSR count). The Labute approximate surface area is 154 Å². The molecule has 6 atom stereocenters. The number of aliphatic hydroxyl groups is 1. The average molecular weight is 366 g/mol. The average Bonchev–Trinajstić information content (AvgIpc) is 3.55. The number of unbranched alkanes of at least 4 members (excludes halogenated alkanes) is 1. The van der Waals surface area contributed by atoms with Gasteiger partial charge in [-0.1, -0.05) is 0 Å². The summed E-state index contributed by atoms with van der Waals surface area (Å²) >= 11 is 0. The number of epoxide rings is 2. The Kier molecular flexibility index (Phi) is 5.81. The smallest absolute Gasteiger partial charge is 0.305 e. The van der Waals surface area contributed by atoms with Crippen LogP contribution in [0.25, 0.3) is 0 Å². The van der Waals surface area contributed by atoms with Gasteiger partial charge in [0.2, 0.25) is 0 Å². The highest BCUT2D eigenvalue weighted by Gasteiger charge is 2.44. The summed E-state index contributed by atoms with van der Waals surface area (Å²) in [4.78, 5) is 11.8. The maximum atomic E-state index is 11.8. The molecule has 2 aliphatic heterocycles. The maximum absolute atomic E-state index is 11.8. The van der Waals surface area contributed by atoms with Crippen molar-refractivity contribution in [3.8, 4) is 0 Å². The zero-order valence-electron chi connectivity index (χ0n) is 15.3. The van der Waals surface area contributed by atoms with Crippen LogP contribution in [0.2, 0.25) is 0 Å². The molecule has 4 aliphatic rings. The minimum absolute atomic E-state index is 0.137. The summed E-state index contributed by atoms with van der Waals surface area (Å²) in [5.41, 5.74) is 1.22. The van der Waals surface area contributed by atoms with Crippen molar-refractivity contribution in [3.05, 3.63) is 11.8 Å². The van der Waals surface area contributed by atoms with Crippen LogP contribution in [0.5, 0.6) is 0 Å². The second-order valence-corrected chi connectivity index (χ2v) is 8.14. The van der Waals surface area contributed by atoms with Crippen LogP contribution in [0.3, 0.4) is 0 Å². The van der Waals surface area contributed by atoms with E-state index in [9.17, 15) is 9.90 Å². The Hall–Kier alpha value is -1.11. The van der Waals surface area contributed by atoms with E-state index in [0.29, 0.717) is 56.2 Å². The van der Waals surface area contributed by atoms with Gasteiger partial charge in [0.05, 0.1) is 37.3 Å². The van der Waals surface area contributed by atoms with Crippen LogP contribution in [-0.2, 0) is 23.7 Å². The Balaban J connectivity index is 1.02. The molecule has 6 nitrogen and oxygen atoms in total. The fourth-order valence-electron chi connectivity index (χ4n) is 4.16. The summed E-state index contributed by atoms with van der Waals surface area (Å²) in [6.45, 7) is 0.524. The molecule has 0 spiro atoms. The maximum Gasteiger partial charge on any atom is 0.305 e. The number of hydrogen-bond donors (Lipinski definition) is 1. The number of hydrogen-bond acceptors (Lipinski definition) is 6. The lowest BCUT2D eigenvalue weighted by atomic mass is 9.90. The molecule has 2 heterocycles. The first-order chi connectivity index (χ1) is 12.7. The van der Waals surface area contributed by atoms with Crippen molar-refractivity contribution in [3.63, 3.8) is 0 Å². The molecule has 0 bridgehead atoms. The Morgan fingerprint density at radius 3 is 2.85 bits per heavy atom. The van der Waals surface area contributed by atoms with Crippen molar-refractivity contribution < 1.29 is 28.8 Å². The molecule has 1 N–H and O–H groups in total. The van der Waals surface area contributed by atoms with Crippen molar-refractivity contribution in [1.29, 1.82) is 0 Å². The van der Waals surface area contributed by atoms with E-state index >= 15 is 0 Å². The molecule has 0 amide bonds. The monoisotopic (exact) mass is 366 g/mol. The van der Waals surface area contributed by atoms with E-state index in [2.05, 4.69) is 0 Å². The summed E-state index contributed by atoms with van der Waals surface area (Å²) in [5, 5.41) is 9.90. The number of fused-ring (bicyclic) bond motifs is 2. The number of esters is 1. The van der Waals surface area contributed by atoms with Gasteiger partial charge in [0.15, 0.2) is 6.29 Å². The third-order valence-corrected chi connectivity index (χ3v) is 5.97. The molecule has 6 heteroatoms. The SMILES string of the molecule is O=C(CCCCC(O)O/C=C1\CCC2OC2C1)OCC1CCC2OC2C1. The van der Waals surface area contributed by atoms with Gasteiger partial charge in [-0.2, -0.15) is 0 Å². The first kappa shape index (κ1) is 18.3. The van der Waals surface area contributed by atoms with E-state index in [1.807, 2.05) is 0 Å². The highest BCUT2D eigenvalue weighted by Crippen LogP contribution is 2.40. The summed E-state index contributed by atoms with van der Waals surface area (Å²) in [6, 6.07) is 0. The van der Waals surface area contributed by atoms with Gasteiger partial charge < -0.3 is 24.1 Å². The number of aliphatic hydroxyl groups excluding tert-OH is 1. The third kappa shape index (κ3) is 5.21. The standard InChI is InChI=1S/C20H30O6/c21-19(23-11-13-5-7-15-17(9-13)25-15)3-1-2-4-20(22)24-12-14-6-8-16-18(10-14)26-16/h11,14-19,21H,1-10,12H2/b13-11+. The minimum Gasteiger partial charge on any atom is -0.473 e. The predicted octanol–water partition coefficient (Wildman–Crippen LogP) is 2.83. The Morgan fingerprint density at radius 1 is 1.15 bits per heavy atom. The van der Waals surface area contributed by atoms with Crippen molar-refractivity contribution in [2.24, 2.45) is 5.92 Å². The summed E-state index contributed by atoms with van der Waals surface area (Å²) in [7, 11) is 0. The first-order valence-corrected chi connectivity index (χ1v) is 10.2. The van der Waals surface area contributed by atoms with Crippen molar-refractivity contribution in [2.75, 3.05) is 6.61 Å². The molecule has 146 valence electrons. The van der Waals surface area contributed by atoms with Gasteiger partial charge in [0, 0.05) is 19.3 Å². The van der Waals surface area contributed by atoms with Crippen LogP contribution in [0.15, 0.2) is 11.8 Å². The van der Waals surface area contributed by atoms with E-state index in [0.717, 1.165) is 44.9 Å². The van der Waals surface area contributed by atoms with Crippen molar-refractivity contribution in [1.82, 2.24) is 0 Å². The molecule has 2 saturated heterocycles. The van der Waals surface area contributed by atoms with E-state index in [1.165, 1.54) is 5.57 Å². The molecule has 4 fully saturated rings. The molecule has 2 aliphatic carbocycles. The Morgan fingerprint density at radius 2 is 2.00 bits per heavy atom. The topological polar surface area (TPSA) is 80.8 Å². The van der Waals surface area contributed by atoms with Crippen molar-refractivity contribution in [2.45, 2.75) is 94.9 Å². The highest BCUT2D eigenvalue weighted by atomic mass is 16.6. The lowest BCUT2D eigenvalue weighted by Crippen LogP contribution is -2.20. The highest BCUT2D eigenvalue weighted by molar-refractivity contribution is 5.69. The van der Waals surface area contributed by atoms with Crippen LogP contribution in [0.4, 0.5) is 0 Å². The zero-order valence-corrected chi connectivity index (χ0v) is 15.3. The van der Waals surface area contributed by atoms with Gasteiger partial charge in [-0.05, 0) is 56.4 Å². The van der Waals surface area contributed by atoms with Gasteiger partial charge in [0.25, 0.3) is 0 Å². The van der Waals surface area contributed by atoms with Crippen LogP contribution in [0, 0.1) is 5.92 Å². The van der Waals surface area contributed by atoms with E-state index in [1.54, 1.807) is 6.26 Å². The van der Waals surface area contributed by atoms with E-state index < -0.39 is 6.29 Å². The molecule has 26 heavy (non-hydrogen) atoms. The fourth-order valence-corrected chi connectivity index (χ4v) is 4.16. The summed E-state index contributed by atoms with van der Waals surface area (Å²) < 4.78 is 21.8. The molecule has 2 saturated carbocycles. The molecule has 0 aromatic rings. The number of carbonyl (C=O) groups is 1. The van der Waals surface area contributed by atoms with Crippen LogP contribution in [0.1, 0.15) is 64.2 Å². The van der Waals surface area contributed by atoms with Gasteiger partial charge in [-0.25, -0.2) is 0 Å². The van der Waals surface area contributed by atoms with E-state index in [4.69, 9.17) is 18.9 Å². The van der Waals surface area contributed by atoms with Crippen LogP contribution < -0.4 is 0 Å². The normalized spacial score (nSPS) is 37.4. The largest absolute Gasteiger partial charge is 0.473 e. The van der Waals surface area contributed by atoms with Gasteiger partial charge in [-0.3, -0.25) is 4.79 Å². The van der Waals surface area contributed by atoms with E-state index in [-0.39, 0.29) is 5.97 Å². The second kappa shape index (κ2) is 8.28. The minimum atomic E-state index is -0.801. The lowest BCUT2D eigenvalue weighted by molar-refractivity contribution is -0.145. The molecular formula is C20H30O6. The lowest BCUT2D eigenvalue weighted by Gasteiger charge is -2.18. The third-order valence-electron chi connectivity index (χ3n) is 5.97. The molecule has 0 aromatic carbocycles. The quantitative estimate of drug-likeness (QED) is 0.222. The van der Waals surface area contributed by atoms with Gasteiger partial charge in [0.1, 0.15) is 0 Å². The molecule has 0 aromatic heterocycles. The number of ether oxygens (including phenoxy) is 4. The van der Waals surface area contributed by atoms with Gasteiger partial charge >= 0.3 is 5.97 Å². The summed E-state index contributed by atoms with van der Waals surface area (Å²) in [5.74, 6) is 0.324. The molecule has 0 radical (unpaired) electrons. The number of rotatable bonds is 9. The summed E-state index contributed by atoms with van der Waals surface area (Å²) in [6.07, 6.45) is 11.3. The van der Waals surface area contributed by atoms with Crippen LogP contribution in [-0.4, -0.2) is 48.4 Å². The number of carbonyl (C=O) groups excluding carboxylic acids is 1. The molecular weight excluding hydrogens is 336 g/mol. The molecule has 6 unspecified atom stereocenters. The Bertz CT molecular complexity index is 532. The second-order valence-electron chi connectivity index (χ2n) is 8.14. The first-order valence-electron chi connectivity index (χ1n) is 10.2. The van der Waals surface area contributed by atoms with Crippen molar-refractivity contribution >= 4 is 5.97 Å². The predicted molar refractivity (Wildman–Crippen MR) is 93.1 cm³/mol. The van der Waals surface area contributed by atoms with Crippen LogP contribution >= 0.6 is 0 Å². The zero-order chi connectivity index (χ0) is 17.9. The fraction of sp³-hybridized carbons (Fsp3) is 0.850. The van der Waals surface area contributed by atoms with Gasteiger partial charge in [-0.15, -0.1) is 0 Å².